The Kier molecular flexibility index (Phi) is 6.24. The number of carbonyl (C=O) groups excluding carboxylic acids is 1. The molecule has 0 aliphatic carbocycles. The number of methoxy groups -OCH3 is 1. The molecule has 3 aromatic rings. The zero-order valence-corrected chi connectivity index (χ0v) is 18.9. The summed E-state index contributed by atoms with van der Waals surface area (Å²) in [5.74, 6) is 0.172. The molecule has 0 saturated carbocycles. The van der Waals surface area contributed by atoms with Gasteiger partial charge in [0.1, 0.15) is 10.8 Å². The zero-order valence-electron chi connectivity index (χ0n) is 16.5. The number of ether oxygens (including phenoxy) is 1. The van der Waals surface area contributed by atoms with Crippen LogP contribution in [0.5, 0.6) is 5.75 Å². The van der Waals surface area contributed by atoms with Crippen LogP contribution in [0.15, 0.2) is 53.4 Å². The molecule has 1 aromatic heterocycles. The molecule has 1 fully saturated rings. The Morgan fingerprint density at radius 2 is 1.87 bits per heavy atom. The maximum absolute atomic E-state index is 13.2. The van der Waals surface area contributed by atoms with Gasteiger partial charge in [0.15, 0.2) is 0 Å². The molecule has 0 radical (unpaired) electrons. The number of hydrogen-bond acceptors (Lipinski definition) is 7. The number of aromatic nitrogens is 2. The summed E-state index contributed by atoms with van der Waals surface area (Å²) in [5, 5.41) is 12.1. The molecule has 1 aliphatic rings. The van der Waals surface area contributed by atoms with Gasteiger partial charge in [0.2, 0.25) is 15.0 Å². The molecule has 11 heteroatoms. The minimum Gasteiger partial charge on any atom is -0.497 e. The number of halogens is 1. The predicted molar refractivity (Wildman–Crippen MR) is 118 cm³/mol. The number of rotatable bonds is 6. The highest BCUT2D eigenvalue weighted by Crippen LogP contribution is 2.38. The van der Waals surface area contributed by atoms with Gasteiger partial charge in [-0.1, -0.05) is 22.9 Å². The highest BCUT2D eigenvalue weighted by molar-refractivity contribution is 7.89. The Morgan fingerprint density at radius 1 is 1.16 bits per heavy atom. The Bertz CT molecular complexity index is 1180. The highest BCUT2D eigenvalue weighted by Gasteiger charge is 2.38. The van der Waals surface area contributed by atoms with Gasteiger partial charge in [0.25, 0.3) is 5.91 Å². The summed E-state index contributed by atoms with van der Waals surface area (Å²) in [6.45, 7) is 0.380. The van der Waals surface area contributed by atoms with E-state index in [2.05, 4.69) is 15.5 Å². The van der Waals surface area contributed by atoms with Gasteiger partial charge >= 0.3 is 0 Å². The second-order valence-corrected chi connectivity index (χ2v) is 10.2. The number of amides is 1. The monoisotopic (exact) mass is 478 g/mol. The van der Waals surface area contributed by atoms with E-state index >= 15 is 0 Å². The lowest BCUT2D eigenvalue weighted by molar-refractivity contribution is 0.102. The summed E-state index contributed by atoms with van der Waals surface area (Å²) in [5.41, 5.74) is 0.579. The van der Waals surface area contributed by atoms with E-state index in [1.54, 1.807) is 36.4 Å². The van der Waals surface area contributed by atoms with Gasteiger partial charge < -0.3 is 10.1 Å². The molecule has 1 aliphatic heterocycles. The Balaban J connectivity index is 1.53. The van der Waals surface area contributed by atoms with Crippen molar-refractivity contribution in [1.29, 1.82) is 0 Å². The third-order valence-electron chi connectivity index (χ3n) is 4.89. The van der Waals surface area contributed by atoms with Gasteiger partial charge in [0.05, 0.1) is 18.0 Å². The first kappa shape index (κ1) is 21.7. The molecule has 1 saturated heterocycles. The van der Waals surface area contributed by atoms with Gasteiger partial charge in [-0.2, -0.15) is 4.31 Å². The molecule has 162 valence electrons. The Labute approximate surface area is 188 Å². The van der Waals surface area contributed by atoms with Crippen LogP contribution in [-0.2, 0) is 10.0 Å². The molecule has 1 N–H and O–H groups in total. The Hall–Kier alpha value is -2.53. The third-order valence-corrected chi connectivity index (χ3v) is 8.09. The summed E-state index contributed by atoms with van der Waals surface area (Å²) in [6, 6.07) is 12.5. The van der Waals surface area contributed by atoms with Gasteiger partial charge in [-0.15, -0.1) is 10.2 Å². The number of nitrogens with one attached hydrogen (secondary N) is 1. The maximum atomic E-state index is 13.2. The first-order valence-corrected chi connectivity index (χ1v) is 12.1. The van der Waals surface area contributed by atoms with Crippen molar-refractivity contribution in [1.82, 2.24) is 14.5 Å². The number of carbonyl (C=O) groups is 1. The van der Waals surface area contributed by atoms with Crippen molar-refractivity contribution in [2.45, 2.75) is 23.8 Å². The number of hydrogen-bond donors (Lipinski definition) is 1. The lowest BCUT2D eigenvalue weighted by Crippen LogP contribution is -2.30. The lowest BCUT2D eigenvalue weighted by atomic mass is 10.2. The second kappa shape index (κ2) is 8.91. The van der Waals surface area contributed by atoms with Crippen LogP contribution in [0, 0.1) is 0 Å². The van der Waals surface area contributed by atoms with Crippen molar-refractivity contribution in [3.8, 4) is 5.75 Å². The summed E-state index contributed by atoms with van der Waals surface area (Å²) < 4.78 is 32.9. The van der Waals surface area contributed by atoms with E-state index in [0.29, 0.717) is 40.9 Å². The molecular weight excluding hydrogens is 460 g/mol. The highest BCUT2D eigenvalue weighted by atomic mass is 35.5. The lowest BCUT2D eigenvalue weighted by Gasteiger charge is -2.22. The van der Waals surface area contributed by atoms with Crippen molar-refractivity contribution < 1.29 is 17.9 Å². The largest absolute Gasteiger partial charge is 0.497 e. The fraction of sp³-hybridized carbons (Fsp3) is 0.250. The molecule has 1 amide bonds. The summed E-state index contributed by atoms with van der Waals surface area (Å²) in [6.07, 6.45) is 1.31. The van der Waals surface area contributed by atoms with Crippen LogP contribution in [0.25, 0.3) is 0 Å². The number of nitrogens with zero attached hydrogens (tertiary/aromatic N) is 3. The van der Waals surface area contributed by atoms with E-state index in [1.807, 2.05) is 0 Å². The topological polar surface area (TPSA) is 101 Å². The number of benzene rings is 2. The van der Waals surface area contributed by atoms with Gasteiger partial charge in [0, 0.05) is 17.3 Å². The van der Waals surface area contributed by atoms with E-state index in [0.717, 1.165) is 11.3 Å². The fourth-order valence-corrected chi connectivity index (χ4v) is 6.08. The van der Waals surface area contributed by atoms with E-state index in [4.69, 9.17) is 16.3 Å². The van der Waals surface area contributed by atoms with Crippen LogP contribution in [0.2, 0.25) is 5.02 Å². The first-order chi connectivity index (χ1) is 14.9. The van der Waals surface area contributed by atoms with Crippen LogP contribution < -0.4 is 10.1 Å². The zero-order chi connectivity index (χ0) is 22.0. The fourth-order valence-electron chi connectivity index (χ4n) is 3.34. The van der Waals surface area contributed by atoms with E-state index in [9.17, 15) is 13.2 Å². The van der Waals surface area contributed by atoms with Crippen molar-refractivity contribution in [3.63, 3.8) is 0 Å². The smallest absolute Gasteiger partial charge is 0.286 e. The van der Waals surface area contributed by atoms with Gasteiger partial charge in [-0.25, -0.2) is 8.42 Å². The predicted octanol–water partition coefficient (Wildman–Crippen LogP) is 3.98. The van der Waals surface area contributed by atoms with E-state index in [-0.39, 0.29) is 9.90 Å². The van der Waals surface area contributed by atoms with Crippen LogP contribution in [0.1, 0.15) is 33.7 Å². The van der Waals surface area contributed by atoms with Crippen molar-refractivity contribution >= 4 is 44.6 Å². The minimum absolute atomic E-state index is 0.165. The molecule has 2 aromatic carbocycles. The summed E-state index contributed by atoms with van der Waals surface area (Å²) in [4.78, 5) is 12.7. The number of sulfonamides is 1. The molecule has 1 atom stereocenters. The SMILES string of the molecule is COc1ccc(S(=O)(=O)N2CCCC2c2nnc(C(=O)Nc3ccc(Cl)cc3)s2)cc1. The number of anilines is 1. The second-order valence-electron chi connectivity index (χ2n) is 6.86. The molecule has 0 spiro atoms. The molecule has 2 heterocycles. The van der Waals surface area contributed by atoms with Crippen molar-refractivity contribution in [2.75, 3.05) is 19.0 Å². The summed E-state index contributed by atoms with van der Waals surface area (Å²) in [7, 11) is -2.20. The van der Waals surface area contributed by atoms with Gasteiger partial charge in [-0.3, -0.25) is 4.79 Å². The van der Waals surface area contributed by atoms with Crippen LogP contribution in [0.4, 0.5) is 5.69 Å². The molecule has 1 unspecified atom stereocenters. The van der Waals surface area contributed by atoms with Gasteiger partial charge in [-0.05, 0) is 61.4 Å². The minimum atomic E-state index is -3.72. The molecule has 4 rings (SSSR count). The normalized spacial score (nSPS) is 16.9. The molecule has 31 heavy (non-hydrogen) atoms. The van der Waals surface area contributed by atoms with Crippen molar-refractivity contribution in [3.05, 3.63) is 63.6 Å². The molecule has 8 nitrogen and oxygen atoms in total. The molecular formula is C20H19ClN4O4S2. The van der Waals surface area contributed by atoms with Crippen molar-refractivity contribution in [2.24, 2.45) is 0 Å². The third kappa shape index (κ3) is 4.57. The Morgan fingerprint density at radius 3 is 2.55 bits per heavy atom. The standard InChI is InChI=1S/C20H19ClN4O4S2/c1-29-15-8-10-16(11-9-15)31(27,28)25-12-2-3-17(25)19-23-24-20(30-19)18(26)22-14-6-4-13(21)5-7-14/h4-11,17H,2-3,12H2,1H3,(H,22,26). The van der Waals surface area contributed by atoms with E-state index in [1.165, 1.54) is 23.5 Å². The first-order valence-electron chi connectivity index (χ1n) is 9.45. The van der Waals surface area contributed by atoms with Crippen LogP contribution in [0.3, 0.4) is 0 Å². The maximum Gasteiger partial charge on any atom is 0.286 e. The van der Waals surface area contributed by atoms with E-state index < -0.39 is 22.0 Å². The average Bonchev–Trinajstić information content (AvgIpc) is 3.45. The molecule has 0 bridgehead atoms. The van der Waals surface area contributed by atoms with Crippen LogP contribution in [-0.4, -0.2) is 42.5 Å². The summed E-state index contributed by atoms with van der Waals surface area (Å²) >= 11 is 6.95. The average molecular weight is 479 g/mol. The quantitative estimate of drug-likeness (QED) is 0.575. The van der Waals surface area contributed by atoms with Crippen LogP contribution >= 0.6 is 22.9 Å².